The first kappa shape index (κ1) is 12.5. The number of alkyl halides is 3. The van der Waals surface area contributed by atoms with E-state index >= 15 is 0 Å². The van der Waals surface area contributed by atoms with Gasteiger partial charge in [-0.15, -0.1) is 12.4 Å². The highest BCUT2D eigenvalue weighted by atomic mass is 35.5. The van der Waals surface area contributed by atoms with Crippen LogP contribution in [0.4, 0.5) is 13.2 Å². The van der Waals surface area contributed by atoms with Crippen LogP contribution in [0.3, 0.4) is 0 Å². The fourth-order valence-electron chi connectivity index (χ4n) is 1.17. The molecule has 1 saturated heterocycles. The maximum Gasteiger partial charge on any atom is 0.403 e. The van der Waals surface area contributed by atoms with Crippen molar-refractivity contribution in [2.45, 2.75) is 18.6 Å². The highest BCUT2D eigenvalue weighted by molar-refractivity contribution is 5.85. The number of nitrogens with one attached hydrogen (secondary N) is 1. The highest BCUT2D eigenvalue weighted by Crippen LogP contribution is 2.28. The van der Waals surface area contributed by atoms with Crippen molar-refractivity contribution in [2.75, 3.05) is 6.54 Å². The number of rotatable bonds is 1. The lowest BCUT2D eigenvalue weighted by atomic mass is 10.1. The number of carbonyl (C=O) groups is 1. The van der Waals surface area contributed by atoms with Gasteiger partial charge in [0.2, 0.25) is 0 Å². The summed E-state index contributed by atoms with van der Waals surface area (Å²) in [7, 11) is 0. The van der Waals surface area contributed by atoms with Gasteiger partial charge in [0.1, 0.15) is 6.04 Å². The monoisotopic (exact) mass is 219 g/mol. The molecule has 0 aromatic rings. The first-order valence-electron chi connectivity index (χ1n) is 3.44. The smallest absolute Gasteiger partial charge is 0.403 e. The summed E-state index contributed by atoms with van der Waals surface area (Å²) in [5.74, 6) is -2.08. The minimum absolute atomic E-state index is 0. The van der Waals surface area contributed by atoms with E-state index in [1.54, 1.807) is 0 Å². The molecule has 0 radical (unpaired) electrons. The Morgan fingerprint density at radius 1 is 1.46 bits per heavy atom. The SMILES string of the molecule is Cl.O=C(O)C1CNC(C(F)(F)F)C1. The third-order valence-electron chi connectivity index (χ3n) is 1.88. The van der Waals surface area contributed by atoms with Crippen LogP contribution in [-0.4, -0.2) is 29.8 Å². The molecule has 1 aliphatic rings. The number of hydrogen-bond acceptors (Lipinski definition) is 2. The van der Waals surface area contributed by atoms with Crippen molar-refractivity contribution in [3.63, 3.8) is 0 Å². The van der Waals surface area contributed by atoms with E-state index in [1.807, 2.05) is 0 Å². The van der Waals surface area contributed by atoms with E-state index in [-0.39, 0.29) is 25.4 Å². The summed E-state index contributed by atoms with van der Waals surface area (Å²) in [5.41, 5.74) is 0. The van der Waals surface area contributed by atoms with Crippen LogP contribution in [0.2, 0.25) is 0 Å². The normalized spacial score (nSPS) is 28.2. The number of carboxylic acid groups (broad SMARTS) is 1. The molecule has 0 aromatic heterocycles. The van der Waals surface area contributed by atoms with Crippen molar-refractivity contribution in [1.82, 2.24) is 5.32 Å². The number of carboxylic acids is 1. The molecule has 7 heteroatoms. The molecule has 0 saturated carbocycles. The summed E-state index contributed by atoms with van der Waals surface area (Å²) in [4.78, 5) is 10.3. The van der Waals surface area contributed by atoms with Crippen LogP contribution >= 0.6 is 12.4 Å². The Labute approximate surface area is 78.7 Å². The molecule has 1 aliphatic heterocycles. The number of halogens is 4. The number of aliphatic carboxylic acids is 1. The Morgan fingerprint density at radius 3 is 2.23 bits per heavy atom. The zero-order chi connectivity index (χ0) is 9.35. The molecule has 0 aliphatic carbocycles. The van der Waals surface area contributed by atoms with Crippen LogP contribution < -0.4 is 5.32 Å². The molecule has 0 bridgehead atoms. The largest absolute Gasteiger partial charge is 0.481 e. The Morgan fingerprint density at radius 2 is 2.00 bits per heavy atom. The lowest BCUT2D eigenvalue weighted by Gasteiger charge is -2.13. The van der Waals surface area contributed by atoms with Gasteiger partial charge in [-0.1, -0.05) is 0 Å². The maximum atomic E-state index is 11.9. The van der Waals surface area contributed by atoms with E-state index in [2.05, 4.69) is 5.32 Å². The minimum Gasteiger partial charge on any atom is -0.481 e. The van der Waals surface area contributed by atoms with E-state index in [0.717, 1.165) is 0 Å². The molecule has 78 valence electrons. The summed E-state index contributed by atoms with van der Waals surface area (Å²) in [6.45, 7) is -0.0977. The molecule has 0 spiro atoms. The topological polar surface area (TPSA) is 49.3 Å². The van der Waals surface area contributed by atoms with Crippen LogP contribution in [0.1, 0.15) is 6.42 Å². The van der Waals surface area contributed by atoms with E-state index in [4.69, 9.17) is 5.11 Å². The van der Waals surface area contributed by atoms with Gasteiger partial charge in [-0.05, 0) is 6.42 Å². The van der Waals surface area contributed by atoms with Gasteiger partial charge in [-0.25, -0.2) is 0 Å². The van der Waals surface area contributed by atoms with Crippen molar-refractivity contribution in [3.8, 4) is 0 Å². The van der Waals surface area contributed by atoms with Gasteiger partial charge >= 0.3 is 12.1 Å². The Hall–Kier alpha value is -0.490. The Balaban J connectivity index is 0.00000144. The van der Waals surface area contributed by atoms with E-state index in [0.29, 0.717) is 0 Å². The molecular weight excluding hydrogens is 211 g/mol. The molecule has 1 fully saturated rings. The molecule has 1 heterocycles. The van der Waals surface area contributed by atoms with Crippen LogP contribution in [0.15, 0.2) is 0 Å². The lowest BCUT2D eigenvalue weighted by molar-refractivity contribution is -0.154. The van der Waals surface area contributed by atoms with Gasteiger partial charge < -0.3 is 10.4 Å². The van der Waals surface area contributed by atoms with Gasteiger partial charge in [0.05, 0.1) is 5.92 Å². The van der Waals surface area contributed by atoms with Crippen LogP contribution in [0.25, 0.3) is 0 Å². The Bertz CT molecular complexity index is 197. The number of hydrogen-bond donors (Lipinski definition) is 2. The van der Waals surface area contributed by atoms with Crippen molar-refractivity contribution in [2.24, 2.45) is 5.92 Å². The standard InChI is InChI=1S/C6H8F3NO2.ClH/c7-6(8,9)4-1-3(2-10-4)5(11)12;/h3-4,10H,1-2H2,(H,11,12);1H. The minimum atomic E-state index is -4.33. The Kier molecular flexibility index (Phi) is 3.99. The van der Waals surface area contributed by atoms with Crippen molar-refractivity contribution < 1.29 is 23.1 Å². The summed E-state index contributed by atoms with van der Waals surface area (Å²) in [6.07, 6.45) is -4.69. The second-order valence-corrected chi connectivity index (χ2v) is 2.77. The van der Waals surface area contributed by atoms with Crippen molar-refractivity contribution in [3.05, 3.63) is 0 Å². The molecule has 2 N–H and O–H groups in total. The third-order valence-corrected chi connectivity index (χ3v) is 1.88. The van der Waals surface area contributed by atoms with Gasteiger partial charge in [-0.3, -0.25) is 4.79 Å². The van der Waals surface area contributed by atoms with Gasteiger partial charge in [-0.2, -0.15) is 13.2 Å². The van der Waals surface area contributed by atoms with E-state index in [9.17, 15) is 18.0 Å². The van der Waals surface area contributed by atoms with Gasteiger partial charge in [0.25, 0.3) is 0 Å². The average molecular weight is 220 g/mol. The van der Waals surface area contributed by atoms with Gasteiger partial charge in [0, 0.05) is 6.54 Å². The second kappa shape index (κ2) is 4.15. The summed E-state index contributed by atoms with van der Waals surface area (Å²) < 4.78 is 35.8. The molecule has 2 unspecified atom stereocenters. The molecule has 0 amide bonds. The van der Waals surface area contributed by atoms with E-state index < -0.39 is 24.1 Å². The van der Waals surface area contributed by atoms with Crippen LogP contribution in [0.5, 0.6) is 0 Å². The second-order valence-electron chi connectivity index (χ2n) is 2.77. The summed E-state index contributed by atoms with van der Waals surface area (Å²) in [6, 6.07) is -1.65. The zero-order valence-corrected chi connectivity index (χ0v) is 7.28. The van der Waals surface area contributed by atoms with Crippen LogP contribution in [-0.2, 0) is 4.79 Å². The summed E-state index contributed by atoms with van der Waals surface area (Å²) >= 11 is 0. The average Bonchev–Trinajstić information content (AvgIpc) is 2.30. The van der Waals surface area contributed by atoms with Crippen molar-refractivity contribution >= 4 is 18.4 Å². The maximum absolute atomic E-state index is 11.9. The zero-order valence-electron chi connectivity index (χ0n) is 6.47. The highest BCUT2D eigenvalue weighted by Gasteiger charge is 2.45. The van der Waals surface area contributed by atoms with Crippen LogP contribution in [0, 0.1) is 5.92 Å². The molecule has 1 rings (SSSR count). The third kappa shape index (κ3) is 3.04. The molecule has 3 nitrogen and oxygen atoms in total. The lowest BCUT2D eigenvalue weighted by Crippen LogP contribution is -2.36. The summed E-state index contributed by atoms with van der Waals surface area (Å²) in [5, 5.41) is 10.5. The molecule has 2 atom stereocenters. The fourth-order valence-corrected chi connectivity index (χ4v) is 1.17. The fraction of sp³-hybridized carbons (Fsp3) is 0.833. The molecule has 0 aromatic carbocycles. The molecule has 13 heavy (non-hydrogen) atoms. The van der Waals surface area contributed by atoms with Crippen molar-refractivity contribution in [1.29, 1.82) is 0 Å². The first-order valence-corrected chi connectivity index (χ1v) is 3.44. The predicted octanol–water partition coefficient (Wildman–Crippen LogP) is 1.03. The van der Waals surface area contributed by atoms with Gasteiger partial charge in [0.15, 0.2) is 0 Å². The first-order chi connectivity index (χ1) is 5.41. The van der Waals surface area contributed by atoms with E-state index in [1.165, 1.54) is 0 Å². The predicted molar refractivity (Wildman–Crippen MR) is 40.8 cm³/mol. The quantitative estimate of drug-likeness (QED) is 0.693. The molecular formula is C6H9ClF3NO2.